The summed E-state index contributed by atoms with van der Waals surface area (Å²) in [5.41, 5.74) is 3.66. The van der Waals surface area contributed by atoms with Crippen LogP contribution in [-0.2, 0) is 9.57 Å². The summed E-state index contributed by atoms with van der Waals surface area (Å²) in [6, 6.07) is 6.33. The minimum absolute atomic E-state index is 0.299. The average Bonchev–Trinajstić information content (AvgIpc) is 2.87. The van der Waals surface area contributed by atoms with E-state index < -0.39 is 11.9 Å². The molecule has 0 aliphatic carbocycles. The predicted octanol–water partition coefficient (Wildman–Crippen LogP) is 2.54. The summed E-state index contributed by atoms with van der Waals surface area (Å²) < 4.78 is 5.31. The number of aliphatic hydroxyl groups excluding tert-OH is 1. The maximum absolute atomic E-state index is 9.67. The Labute approximate surface area is 119 Å². The standard InChI is InChI=1S/C16H21NO3/c1-10-5-6-12(7-11(10)2)14-15(3,4)16(20-17-14)8-13(18)19-9-16/h5-7,13,18H,8-9H2,1-4H3. The summed E-state index contributed by atoms with van der Waals surface area (Å²) in [6.07, 6.45) is -0.304. The van der Waals surface area contributed by atoms with Gasteiger partial charge in [0.1, 0.15) is 0 Å². The van der Waals surface area contributed by atoms with E-state index in [9.17, 15) is 5.11 Å². The SMILES string of the molecule is Cc1ccc(C2=NOC3(COC(O)C3)C2(C)C)cc1C. The molecular formula is C16H21NO3. The van der Waals surface area contributed by atoms with Gasteiger partial charge in [-0.1, -0.05) is 31.1 Å². The molecule has 2 aliphatic heterocycles. The van der Waals surface area contributed by atoms with Crippen LogP contribution in [0.4, 0.5) is 0 Å². The highest BCUT2D eigenvalue weighted by atomic mass is 16.7. The van der Waals surface area contributed by atoms with Gasteiger partial charge in [0, 0.05) is 12.0 Å². The van der Waals surface area contributed by atoms with Gasteiger partial charge in [-0.05, 0) is 31.0 Å². The second-order valence-corrected chi connectivity index (χ2v) is 6.42. The Kier molecular flexibility index (Phi) is 2.92. The van der Waals surface area contributed by atoms with Gasteiger partial charge >= 0.3 is 0 Å². The Morgan fingerprint density at radius 1 is 1.25 bits per heavy atom. The molecule has 1 saturated heterocycles. The molecule has 1 fully saturated rings. The van der Waals surface area contributed by atoms with E-state index >= 15 is 0 Å². The van der Waals surface area contributed by atoms with Crippen LogP contribution in [0.2, 0.25) is 0 Å². The first-order chi connectivity index (χ1) is 9.36. The van der Waals surface area contributed by atoms with Gasteiger partial charge < -0.3 is 14.7 Å². The van der Waals surface area contributed by atoms with Gasteiger partial charge in [0.05, 0.1) is 17.7 Å². The molecule has 0 amide bonds. The second kappa shape index (κ2) is 4.30. The summed E-state index contributed by atoms with van der Waals surface area (Å²) in [4.78, 5) is 5.73. The van der Waals surface area contributed by atoms with E-state index in [-0.39, 0.29) is 5.41 Å². The van der Waals surface area contributed by atoms with Crippen molar-refractivity contribution in [1.82, 2.24) is 0 Å². The Bertz CT molecular complexity index is 579. The first-order valence-corrected chi connectivity index (χ1v) is 7.00. The molecule has 20 heavy (non-hydrogen) atoms. The molecule has 2 atom stereocenters. The van der Waals surface area contributed by atoms with Crippen molar-refractivity contribution in [3.05, 3.63) is 34.9 Å². The van der Waals surface area contributed by atoms with Gasteiger partial charge in [0.2, 0.25) is 0 Å². The fourth-order valence-electron chi connectivity index (χ4n) is 3.01. The Morgan fingerprint density at radius 3 is 2.60 bits per heavy atom. The number of ether oxygens (including phenoxy) is 1. The van der Waals surface area contributed by atoms with Crippen molar-refractivity contribution in [2.24, 2.45) is 10.6 Å². The van der Waals surface area contributed by atoms with Gasteiger partial charge in [-0.25, -0.2) is 0 Å². The lowest BCUT2D eigenvalue weighted by Crippen LogP contribution is -2.47. The van der Waals surface area contributed by atoms with Crippen LogP contribution in [0, 0.1) is 19.3 Å². The third-order valence-corrected chi connectivity index (χ3v) is 4.84. The molecule has 0 bridgehead atoms. The number of aliphatic hydroxyl groups is 1. The maximum Gasteiger partial charge on any atom is 0.176 e. The quantitative estimate of drug-likeness (QED) is 0.857. The van der Waals surface area contributed by atoms with Crippen LogP contribution in [0.15, 0.2) is 23.4 Å². The normalized spacial score (nSPS) is 31.4. The van der Waals surface area contributed by atoms with Crippen molar-refractivity contribution in [1.29, 1.82) is 0 Å². The molecule has 1 aromatic carbocycles. The van der Waals surface area contributed by atoms with Crippen LogP contribution in [0.1, 0.15) is 37.0 Å². The van der Waals surface area contributed by atoms with E-state index in [2.05, 4.69) is 51.0 Å². The number of aryl methyl sites for hydroxylation is 2. The van der Waals surface area contributed by atoms with Gasteiger partial charge in [-0.15, -0.1) is 0 Å². The second-order valence-electron chi connectivity index (χ2n) is 6.42. The smallest absolute Gasteiger partial charge is 0.176 e. The minimum atomic E-state index is -0.761. The molecular weight excluding hydrogens is 254 g/mol. The van der Waals surface area contributed by atoms with E-state index in [4.69, 9.17) is 9.57 Å². The zero-order chi connectivity index (χ0) is 14.5. The molecule has 2 heterocycles. The Balaban J connectivity index is 1.98. The molecule has 0 aromatic heterocycles. The molecule has 1 aromatic rings. The zero-order valence-corrected chi connectivity index (χ0v) is 12.4. The van der Waals surface area contributed by atoms with Crippen LogP contribution >= 0.6 is 0 Å². The van der Waals surface area contributed by atoms with Crippen molar-refractivity contribution in [2.75, 3.05) is 6.61 Å². The molecule has 2 unspecified atom stereocenters. The van der Waals surface area contributed by atoms with Crippen LogP contribution in [-0.4, -0.2) is 29.3 Å². The lowest BCUT2D eigenvalue weighted by atomic mass is 9.69. The molecule has 3 rings (SSSR count). The minimum Gasteiger partial charge on any atom is -0.385 e. The highest BCUT2D eigenvalue weighted by molar-refractivity contribution is 6.06. The van der Waals surface area contributed by atoms with E-state index in [0.29, 0.717) is 13.0 Å². The number of benzene rings is 1. The molecule has 1 spiro atoms. The van der Waals surface area contributed by atoms with E-state index in [1.807, 2.05) is 0 Å². The van der Waals surface area contributed by atoms with Crippen LogP contribution < -0.4 is 0 Å². The fourth-order valence-corrected chi connectivity index (χ4v) is 3.01. The third-order valence-electron chi connectivity index (χ3n) is 4.84. The lowest BCUT2D eigenvalue weighted by Gasteiger charge is -2.34. The number of oxime groups is 1. The van der Waals surface area contributed by atoms with E-state index in [1.165, 1.54) is 11.1 Å². The average molecular weight is 275 g/mol. The first kappa shape index (κ1) is 13.6. The Morgan fingerprint density at radius 2 is 2.00 bits per heavy atom. The summed E-state index contributed by atoms with van der Waals surface area (Å²) >= 11 is 0. The number of hydrogen-bond acceptors (Lipinski definition) is 4. The highest BCUT2D eigenvalue weighted by Gasteiger charge is 2.59. The summed E-state index contributed by atoms with van der Waals surface area (Å²) in [5.74, 6) is 0. The summed E-state index contributed by atoms with van der Waals surface area (Å²) in [6.45, 7) is 8.78. The number of nitrogens with zero attached hydrogens (tertiary/aromatic N) is 1. The predicted molar refractivity (Wildman–Crippen MR) is 76.6 cm³/mol. The summed E-state index contributed by atoms with van der Waals surface area (Å²) in [5, 5.41) is 14.0. The van der Waals surface area contributed by atoms with Gasteiger partial charge in [-0.3, -0.25) is 0 Å². The van der Waals surface area contributed by atoms with Gasteiger partial charge in [-0.2, -0.15) is 0 Å². The molecule has 108 valence electrons. The van der Waals surface area contributed by atoms with E-state index in [0.717, 1.165) is 11.3 Å². The number of rotatable bonds is 1. The van der Waals surface area contributed by atoms with Crippen molar-refractivity contribution in [3.8, 4) is 0 Å². The monoisotopic (exact) mass is 275 g/mol. The molecule has 1 N–H and O–H groups in total. The first-order valence-electron chi connectivity index (χ1n) is 7.00. The zero-order valence-electron chi connectivity index (χ0n) is 12.4. The van der Waals surface area contributed by atoms with Gasteiger partial charge in [0.15, 0.2) is 11.9 Å². The summed E-state index contributed by atoms with van der Waals surface area (Å²) in [7, 11) is 0. The number of hydrogen-bond donors (Lipinski definition) is 1. The topological polar surface area (TPSA) is 51.0 Å². The highest BCUT2D eigenvalue weighted by Crippen LogP contribution is 2.48. The maximum atomic E-state index is 9.67. The molecule has 0 saturated carbocycles. The van der Waals surface area contributed by atoms with Crippen LogP contribution in [0.25, 0.3) is 0 Å². The van der Waals surface area contributed by atoms with E-state index in [1.54, 1.807) is 0 Å². The van der Waals surface area contributed by atoms with Crippen molar-refractivity contribution >= 4 is 5.71 Å². The molecule has 0 radical (unpaired) electrons. The lowest BCUT2D eigenvalue weighted by molar-refractivity contribution is -0.0791. The van der Waals surface area contributed by atoms with Crippen molar-refractivity contribution in [2.45, 2.75) is 46.0 Å². The molecule has 2 aliphatic rings. The van der Waals surface area contributed by atoms with Gasteiger partial charge in [0.25, 0.3) is 0 Å². The van der Waals surface area contributed by atoms with Crippen molar-refractivity contribution in [3.63, 3.8) is 0 Å². The van der Waals surface area contributed by atoms with Crippen molar-refractivity contribution < 1.29 is 14.7 Å². The van der Waals surface area contributed by atoms with Crippen LogP contribution in [0.3, 0.4) is 0 Å². The molecule has 4 heteroatoms. The van der Waals surface area contributed by atoms with Crippen LogP contribution in [0.5, 0.6) is 0 Å². The Hall–Kier alpha value is -1.39. The fraction of sp³-hybridized carbons (Fsp3) is 0.562. The molecule has 4 nitrogen and oxygen atoms in total. The third kappa shape index (κ3) is 1.79. The largest absolute Gasteiger partial charge is 0.385 e.